The molecular weight excluding hydrogens is 418 g/mol. The Morgan fingerprint density at radius 3 is 2.67 bits per heavy atom. The van der Waals surface area contributed by atoms with Gasteiger partial charge in [-0.15, -0.1) is 0 Å². The molecule has 1 saturated carbocycles. The Morgan fingerprint density at radius 1 is 1.20 bits per heavy atom. The van der Waals surface area contributed by atoms with Crippen LogP contribution in [0.1, 0.15) is 48.5 Å². The van der Waals surface area contributed by atoms with E-state index in [0.717, 1.165) is 24.8 Å². The summed E-state index contributed by atoms with van der Waals surface area (Å²) in [5.41, 5.74) is 1.84. The number of benzene rings is 2. The first kappa shape index (κ1) is 20.8. The SMILES string of the molecule is C[C@H]1CCCC[C@H]1NC(=O)c1ccc2c(=O)n(Cc3ccc(Cl)cc3)c(=S)[nH]c2c1. The van der Waals surface area contributed by atoms with Gasteiger partial charge in [0.05, 0.1) is 17.4 Å². The van der Waals surface area contributed by atoms with E-state index in [1.165, 1.54) is 11.0 Å². The molecule has 0 saturated heterocycles. The molecule has 7 heteroatoms. The van der Waals surface area contributed by atoms with E-state index in [0.29, 0.717) is 38.7 Å². The van der Waals surface area contributed by atoms with Gasteiger partial charge in [0.2, 0.25) is 0 Å². The normalized spacial score (nSPS) is 19.0. The van der Waals surface area contributed by atoms with Crippen LogP contribution in [0.5, 0.6) is 0 Å². The molecular formula is C23H24ClN3O2S. The zero-order chi connectivity index (χ0) is 21.3. The number of H-pyrrole nitrogens is 1. The van der Waals surface area contributed by atoms with Crippen molar-refractivity contribution < 1.29 is 4.79 Å². The van der Waals surface area contributed by atoms with Crippen LogP contribution in [-0.2, 0) is 6.54 Å². The summed E-state index contributed by atoms with van der Waals surface area (Å²) in [6.45, 7) is 2.54. The molecule has 1 aromatic heterocycles. The fraction of sp³-hybridized carbons (Fsp3) is 0.348. The van der Waals surface area contributed by atoms with E-state index in [9.17, 15) is 9.59 Å². The van der Waals surface area contributed by atoms with E-state index in [1.54, 1.807) is 30.3 Å². The monoisotopic (exact) mass is 441 g/mol. The molecule has 1 amide bonds. The number of rotatable bonds is 4. The number of carbonyl (C=O) groups is 1. The Bertz CT molecular complexity index is 1200. The van der Waals surface area contributed by atoms with E-state index in [4.69, 9.17) is 23.8 Å². The summed E-state index contributed by atoms with van der Waals surface area (Å²) < 4.78 is 1.84. The number of aromatic amines is 1. The summed E-state index contributed by atoms with van der Waals surface area (Å²) >= 11 is 11.4. The minimum Gasteiger partial charge on any atom is -0.349 e. The third-order valence-electron chi connectivity index (χ3n) is 5.93. The van der Waals surface area contributed by atoms with Crippen molar-refractivity contribution in [1.29, 1.82) is 0 Å². The minimum atomic E-state index is -0.184. The third kappa shape index (κ3) is 4.35. The summed E-state index contributed by atoms with van der Waals surface area (Å²) in [6, 6.07) is 12.6. The van der Waals surface area contributed by atoms with E-state index in [-0.39, 0.29) is 17.5 Å². The number of hydrogen-bond donors (Lipinski definition) is 2. The fourth-order valence-corrected chi connectivity index (χ4v) is 4.48. The maximum absolute atomic E-state index is 13.0. The van der Waals surface area contributed by atoms with Crippen LogP contribution in [-0.4, -0.2) is 21.5 Å². The molecule has 1 aliphatic carbocycles. The van der Waals surface area contributed by atoms with Gasteiger partial charge in [0.1, 0.15) is 0 Å². The van der Waals surface area contributed by atoms with Crippen molar-refractivity contribution in [2.24, 2.45) is 5.92 Å². The average molecular weight is 442 g/mol. The van der Waals surface area contributed by atoms with Gasteiger partial charge in [-0.2, -0.15) is 0 Å². The van der Waals surface area contributed by atoms with Gasteiger partial charge in [0.25, 0.3) is 11.5 Å². The summed E-state index contributed by atoms with van der Waals surface area (Å²) in [6.07, 6.45) is 4.52. The Balaban J connectivity index is 1.62. The Kier molecular flexibility index (Phi) is 6.06. The lowest BCUT2D eigenvalue weighted by Gasteiger charge is -2.29. The number of carbonyl (C=O) groups excluding carboxylic acids is 1. The molecule has 2 N–H and O–H groups in total. The van der Waals surface area contributed by atoms with Crippen molar-refractivity contribution in [2.45, 2.75) is 45.2 Å². The molecule has 0 spiro atoms. The molecule has 0 unspecified atom stereocenters. The Morgan fingerprint density at radius 2 is 1.93 bits per heavy atom. The van der Waals surface area contributed by atoms with Crippen molar-refractivity contribution in [2.75, 3.05) is 0 Å². The second-order valence-electron chi connectivity index (χ2n) is 8.05. The first-order chi connectivity index (χ1) is 14.4. The van der Waals surface area contributed by atoms with E-state index in [1.807, 2.05) is 12.1 Å². The predicted octanol–water partition coefficient (Wildman–Crippen LogP) is 5.07. The number of hydrogen-bond acceptors (Lipinski definition) is 3. The number of aromatic nitrogens is 2. The van der Waals surface area contributed by atoms with Crippen molar-refractivity contribution in [1.82, 2.24) is 14.9 Å². The van der Waals surface area contributed by atoms with Gasteiger partial charge in [-0.1, -0.05) is 43.5 Å². The molecule has 1 fully saturated rings. The lowest BCUT2D eigenvalue weighted by Crippen LogP contribution is -2.41. The minimum absolute atomic E-state index is 0.111. The van der Waals surface area contributed by atoms with E-state index < -0.39 is 0 Å². The molecule has 0 bridgehead atoms. The predicted molar refractivity (Wildman–Crippen MR) is 123 cm³/mol. The lowest BCUT2D eigenvalue weighted by molar-refractivity contribution is 0.0910. The highest BCUT2D eigenvalue weighted by Crippen LogP contribution is 2.24. The number of halogens is 1. The van der Waals surface area contributed by atoms with Crippen molar-refractivity contribution in [3.8, 4) is 0 Å². The fourth-order valence-electron chi connectivity index (χ4n) is 4.09. The molecule has 1 aliphatic rings. The zero-order valence-corrected chi connectivity index (χ0v) is 18.4. The van der Waals surface area contributed by atoms with Gasteiger partial charge in [0.15, 0.2) is 4.77 Å². The summed E-state index contributed by atoms with van der Waals surface area (Å²) in [4.78, 5) is 28.9. The second kappa shape index (κ2) is 8.74. The summed E-state index contributed by atoms with van der Waals surface area (Å²) in [7, 11) is 0. The van der Waals surface area contributed by atoms with Crippen LogP contribution in [0.25, 0.3) is 10.9 Å². The molecule has 30 heavy (non-hydrogen) atoms. The molecule has 1 heterocycles. The number of amides is 1. The maximum Gasteiger partial charge on any atom is 0.262 e. The topological polar surface area (TPSA) is 66.9 Å². The first-order valence-electron chi connectivity index (χ1n) is 10.2. The Hall–Kier alpha value is -2.44. The molecule has 3 aromatic rings. The van der Waals surface area contributed by atoms with Gasteiger partial charge < -0.3 is 10.3 Å². The number of nitrogens with one attached hydrogen (secondary N) is 2. The van der Waals surface area contributed by atoms with Gasteiger partial charge in [-0.25, -0.2) is 0 Å². The summed E-state index contributed by atoms with van der Waals surface area (Å²) in [5, 5.41) is 4.30. The van der Waals surface area contributed by atoms with Crippen LogP contribution in [0.15, 0.2) is 47.3 Å². The molecule has 0 aliphatic heterocycles. The highest BCUT2D eigenvalue weighted by atomic mass is 35.5. The van der Waals surface area contributed by atoms with Crippen LogP contribution < -0.4 is 10.9 Å². The first-order valence-corrected chi connectivity index (χ1v) is 11.0. The van der Waals surface area contributed by atoms with Gasteiger partial charge >= 0.3 is 0 Å². The molecule has 5 nitrogen and oxygen atoms in total. The van der Waals surface area contributed by atoms with Crippen LogP contribution in [0.4, 0.5) is 0 Å². The van der Waals surface area contributed by atoms with Crippen LogP contribution in [0, 0.1) is 10.7 Å². The van der Waals surface area contributed by atoms with E-state index >= 15 is 0 Å². The van der Waals surface area contributed by atoms with E-state index in [2.05, 4.69) is 17.2 Å². The van der Waals surface area contributed by atoms with Crippen LogP contribution >= 0.6 is 23.8 Å². The zero-order valence-electron chi connectivity index (χ0n) is 16.8. The van der Waals surface area contributed by atoms with Gasteiger partial charge in [-0.3, -0.25) is 14.2 Å². The van der Waals surface area contributed by atoms with Crippen LogP contribution in [0.3, 0.4) is 0 Å². The highest BCUT2D eigenvalue weighted by Gasteiger charge is 2.23. The Labute approximate surface area is 185 Å². The van der Waals surface area contributed by atoms with Crippen LogP contribution in [0.2, 0.25) is 5.02 Å². The average Bonchev–Trinajstić information content (AvgIpc) is 2.73. The quantitative estimate of drug-likeness (QED) is 0.555. The third-order valence-corrected chi connectivity index (χ3v) is 6.50. The van der Waals surface area contributed by atoms with Gasteiger partial charge in [-0.05, 0) is 66.9 Å². The lowest BCUT2D eigenvalue weighted by atomic mass is 9.86. The maximum atomic E-state index is 13.0. The van der Waals surface area contributed by atoms with Crippen molar-refractivity contribution in [3.05, 3.63) is 73.7 Å². The van der Waals surface area contributed by atoms with Crippen molar-refractivity contribution in [3.63, 3.8) is 0 Å². The molecule has 2 aromatic carbocycles. The number of fused-ring (bicyclic) bond motifs is 1. The number of nitrogens with zero attached hydrogens (tertiary/aromatic N) is 1. The molecule has 156 valence electrons. The summed E-state index contributed by atoms with van der Waals surface area (Å²) in [5.74, 6) is 0.370. The largest absolute Gasteiger partial charge is 0.349 e. The standard InChI is InChI=1S/C23H24ClN3O2S/c1-14-4-2-3-5-19(14)25-21(28)16-8-11-18-20(12-16)26-23(30)27(22(18)29)13-15-6-9-17(24)10-7-15/h6-12,14,19H,2-5,13H2,1H3,(H,25,28)(H,26,30)/t14-,19+/m0/s1. The van der Waals surface area contributed by atoms with Crippen molar-refractivity contribution >= 4 is 40.6 Å². The van der Waals surface area contributed by atoms with Gasteiger partial charge in [0, 0.05) is 16.6 Å². The molecule has 0 radical (unpaired) electrons. The second-order valence-corrected chi connectivity index (χ2v) is 8.87. The highest BCUT2D eigenvalue weighted by molar-refractivity contribution is 7.71. The smallest absolute Gasteiger partial charge is 0.262 e. The molecule has 4 rings (SSSR count). The molecule has 2 atom stereocenters.